The van der Waals surface area contributed by atoms with Gasteiger partial charge in [0.05, 0.1) is 11.7 Å². The van der Waals surface area contributed by atoms with E-state index in [0.717, 1.165) is 12.1 Å². The first-order valence-electron chi connectivity index (χ1n) is 6.02. The summed E-state index contributed by atoms with van der Waals surface area (Å²) in [5.74, 6) is 0.264. The molecule has 0 spiro atoms. The van der Waals surface area contributed by atoms with Gasteiger partial charge in [0.25, 0.3) is 0 Å². The summed E-state index contributed by atoms with van der Waals surface area (Å²) in [6, 6.07) is 7.37. The van der Waals surface area contributed by atoms with Crippen LogP contribution in [-0.2, 0) is 4.74 Å². The van der Waals surface area contributed by atoms with Crippen LogP contribution in [0, 0.1) is 5.92 Å². The molecule has 3 heteroatoms. The van der Waals surface area contributed by atoms with E-state index in [9.17, 15) is 4.79 Å². The van der Waals surface area contributed by atoms with Gasteiger partial charge in [-0.15, -0.1) is 0 Å². The number of esters is 1. The molecule has 1 unspecified atom stereocenters. The van der Waals surface area contributed by atoms with E-state index in [1.54, 1.807) is 13.1 Å². The maximum atomic E-state index is 12.0. The zero-order valence-electron chi connectivity index (χ0n) is 11.0. The van der Waals surface area contributed by atoms with E-state index in [-0.39, 0.29) is 12.1 Å². The Bertz CT molecular complexity index is 374. The van der Waals surface area contributed by atoms with Crippen LogP contribution in [0.2, 0.25) is 0 Å². The van der Waals surface area contributed by atoms with Gasteiger partial charge in [-0.25, -0.2) is 4.79 Å². The summed E-state index contributed by atoms with van der Waals surface area (Å²) in [6.07, 6.45) is 0.834. The number of carbonyl (C=O) groups excluding carboxylic acids is 1. The quantitative estimate of drug-likeness (QED) is 0.796. The number of hydrogen-bond donors (Lipinski definition) is 1. The molecule has 1 aromatic rings. The van der Waals surface area contributed by atoms with Gasteiger partial charge in [-0.3, -0.25) is 0 Å². The lowest BCUT2D eigenvalue weighted by Crippen LogP contribution is -2.17. The molecule has 0 amide bonds. The van der Waals surface area contributed by atoms with Crippen molar-refractivity contribution in [1.29, 1.82) is 0 Å². The average Bonchev–Trinajstić information content (AvgIpc) is 2.27. The third kappa shape index (κ3) is 4.10. The molecule has 0 fully saturated rings. The van der Waals surface area contributed by atoms with Gasteiger partial charge in [0.2, 0.25) is 0 Å². The van der Waals surface area contributed by atoms with Gasteiger partial charge in [-0.2, -0.15) is 0 Å². The molecule has 0 aliphatic rings. The molecule has 17 heavy (non-hydrogen) atoms. The van der Waals surface area contributed by atoms with E-state index in [1.165, 1.54) is 0 Å². The van der Waals surface area contributed by atoms with Gasteiger partial charge >= 0.3 is 5.97 Å². The molecular formula is C14H21NO2. The normalized spacial score (nSPS) is 12.3. The minimum atomic E-state index is -0.261. The van der Waals surface area contributed by atoms with Crippen LogP contribution in [-0.4, -0.2) is 19.1 Å². The Balaban J connectivity index is 2.69. The fraction of sp³-hybridized carbons (Fsp3) is 0.500. The van der Waals surface area contributed by atoms with Crippen LogP contribution in [0.1, 0.15) is 37.6 Å². The second kappa shape index (κ2) is 6.28. The van der Waals surface area contributed by atoms with Crippen molar-refractivity contribution in [3.8, 4) is 0 Å². The van der Waals surface area contributed by atoms with Gasteiger partial charge in [-0.1, -0.05) is 26.0 Å². The molecule has 0 radical (unpaired) electrons. The van der Waals surface area contributed by atoms with Crippen molar-refractivity contribution >= 4 is 11.7 Å². The van der Waals surface area contributed by atoms with Crippen LogP contribution in [0.5, 0.6) is 0 Å². The van der Waals surface area contributed by atoms with Crippen LogP contribution in [0.3, 0.4) is 0 Å². The summed E-state index contributed by atoms with van der Waals surface area (Å²) in [6.45, 7) is 6.16. The van der Waals surface area contributed by atoms with Crippen LogP contribution in [0.25, 0.3) is 0 Å². The fourth-order valence-corrected chi connectivity index (χ4v) is 1.84. The highest BCUT2D eigenvalue weighted by atomic mass is 16.5. The van der Waals surface area contributed by atoms with E-state index in [4.69, 9.17) is 4.74 Å². The Morgan fingerprint density at radius 2 is 1.94 bits per heavy atom. The third-order valence-electron chi connectivity index (χ3n) is 2.53. The van der Waals surface area contributed by atoms with Gasteiger partial charge in [0, 0.05) is 12.7 Å². The highest BCUT2D eigenvalue weighted by Crippen LogP contribution is 2.17. The molecule has 1 N–H and O–H groups in total. The lowest BCUT2D eigenvalue weighted by molar-refractivity contribution is 0.0301. The largest absolute Gasteiger partial charge is 0.459 e. The summed E-state index contributed by atoms with van der Waals surface area (Å²) >= 11 is 0. The summed E-state index contributed by atoms with van der Waals surface area (Å²) in [7, 11) is 1.80. The number of para-hydroxylation sites is 1. The maximum Gasteiger partial charge on any atom is 0.340 e. The van der Waals surface area contributed by atoms with Gasteiger partial charge in [0.1, 0.15) is 0 Å². The molecule has 94 valence electrons. The van der Waals surface area contributed by atoms with Crippen molar-refractivity contribution in [2.75, 3.05) is 12.4 Å². The molecule has 0 aliphatic carbocycles. The van der Waals surface area contributed by atoms with E-state index in [1.807, 2.05) is 25.1 Å². The van der Waals surface area contributed by atoms with Gasteiger partial charge in [-0.05, 0) is 31.4 Å². The molecule has 1 rings (SSSR count). The molecule has 1 aromatic carbocycles. The summed E-state index contributed by atoms with van der Waals surface area (Å²) < 4.78 is 5.41. The second-order valence-electron chi connectivity index (χ2n) is 4.64. The van der Waals surface area contributed by atoms with Crippen LogP contribution >= 0.6 is 0 Å². The standard InChI is InChI=1S/C14H21NO2/c1-10(2)9-11(3)17-14(16)12-7-5-6-8-13(12)15-4/h5-8,10-11,15H,9H2,1-4H3. The third-order valence-corrected chi connectivity index (χ3v) is 2.53. The zero-order chi connectivity index (χ0) is 12.8. The smallest absolute Gasteiger partial charge is 0.340 e. The van der Waals surface area contributed by atoms with Crippen molar-refractivity contribution in [2.45, 2.75) is 33.3 Å². The molecule has 3 nitrogen and oxygen atoms in total. The number of rotatable bonds is 5. The first-order chi connectivity index (χ1) is 8.04. The highest BCUT2D eigenvalue weighted by Gasteiger charge is 2.15. The molecule has 0 aliphatic heterocycles. The van der Waals surface area contributed by atoms with E-state index in [0.29, 0.717) is 11.5 Å². The second-order valence-corrected chi connectivity index (χ2v) is 4.64. The number of anilines is 1. The topological polar surface area (TPSA) is 38.3 Å². The SMILES string of the molecule is CNc1ccccc1C(=O)OC(C)CC(C)C. The van der Waals surface area contributed by atoms with Crippen LogP contribution < -0.4 is 5.32 Å². The molecule has 0 saturated heterocycles. The van der Waals surface area contributed by atoms with Crippen molar-refractivity contribution < 1.29 is 9.53 Å². The first kappa shape index (κ1) is 13.6. The average molecular weight is 235 g/mol. The summed E-state index contributed by atoms with van der Waals surface area (Å²) in [5.41, 5.74) is 1.39. The van der Waals surface area contributed by atoms with E-state index in [2.05, 4.69) is 19.2 Å². The number of carbonyl (C=O) groups is 1. The molecule has 0 saturated carbocycles. The Labute approximate surface area is 103 Å². The minimum Gasteiger partial charge on any atom is -0.459 e. The number of nitrogens with one attached hydrogen (secondary N) is 1. The van der Waals surface area contributed by atoms with Crippen molar-refractivity contribution in [1.82, 2.24) is 0 Å². The summed E-state index contributed by atoms with van der Waals surface area (Å²) in [5, 5.41) is 2.99. The van der Waals surface area contributed by atoms with Gasteiger partial charge < -0.3 is 10.1 Å². The lowest BCUT2D eigenvalue weighted by atomic mass is 10.1. The van der Waals surface area contributed by atoms with E-state index < -0.39 is 0 Å². The Hall–Kier alpha value is -1.51. The number of benzene rings is 1. The van der Waals surface area contributed by atoms with Crippen molar-refractivity contribution in [3.63, 3.8) is 0 Å². The predicted molar refractivity (Wildman–Crippen MR) is 70.3 cm³/mol. The molecule has 0 heterocycles. The molecule has 0 aromatic heterocycles. The fourth-order valence-electron chi connectivity index (χ4n) is 1.84. The Morgan fingerprint density at radius 1 is 1.29 bits per heavy atom. The van der Waals surface area contributed by atoms with Crippen molar-refractivity contribution in [2.24, 2.45) is 5.92 Å². The molecule has 0 bridgehead atoms. The van der Waals surface area contributed by atoms with Crippen LogP contribution in [0.4, 0.5) is 5.69 Å². The molecule has 1 atom stereocenters. The monoisotopic (exact) mass is 235 g/mol. The Morgan fingerprint density at radius 3 is 2.53 bits per heavy atom. The van der Waals surface area contributed by atoms with E-state index >= 15 is 0 Å². The predicted octanol–water partition coefficient (Wildman–Crippen LogP) is 3.32. The zero-order valence-corrected chi connectivity index (χ0v) is 11.0. The number of hydrogen-bond acceptors (Lipinski definition) is 3. The minimum absolute atomic E-state index is 0.0487. The first-order valence-corrected chi connectivity index (χ1v) is 6.02. The Kier molecular flexibility index (Phi) is 5.01. The van der Waals surface area contributed by atoms with Crippen molar-refractivity contribution in [3.05, 3.63) is 29.8 Å². The maximum absolute atomic E-state index is 12.0. The lowest BCUT2D eigenvalue weighted by Gasteiger charge is -2.16. The van der Waals surface area contributed by atoms with Crippen LogP contribution in [0.15, 0.2) is 24.3 Å². The molecular weight excluding hydrogens is 214 g/mol. The number of ether oxygens (including phenoxy) is 1. The van der Waals surface area contributed by atoms with Gasteiger partial charge in [0.15, 0.2) is 0 Å². The highest BCUT2D eigenvalue weighted by molar-refractivity contribution is 5.95. The summed E-state index contributed by atoms with van der Waals surface area (Å²) in [4.78, 5) is 12.0.